The minimum absolute atomic E-state index is 0.145. The number of hydrogen-bond donors (Lipinski definition) is 1. The minimum Gasteiger partial charge on any atom is -0.481 e. The fourth-order valence-electron chi connectivity index (χ4n) is 1.54. The predicted octanol–water partition coefficient (Wildman–Crippen LogP) is 1.81. The number of carboxylic acid groups (broad SMARTS) is 1. The van der Waals surface area contributed by atoms with Gasteiger partial charge < -0.3 is 5.11 Å². The standard InChI is InChI=1S/C10H8N2O3/c13-9(14)5-8-6-3-1-2-4-7(6)10(15)12-11-8/h1-4,8H,5H2,(H,13,14). The summed E-state index contributed by atoms with van der Waals surface area (Å²) in [4.78, 5) is 21.9. The number of azo groups is 1. The Balaban J connectivity index is 2.41. The SMILES string of the molecule is O=C(O)CC1N=NC(=O)c2ccccc21. The number of carbonyl (C=O) groups is 2. The minimum atomic E-state index is -0.955. The van der Waals surface area contributed by atoms with Gasteiger partial charge >= 0.3 is 5.97 Å². The van der Waals surface area contributed by atoms with Gasteiger partial charge in [-0.2, -0.15) is 5.11 Å². The summed E-state index contributed by atoms with van der Waals surface area (Å²) in [6.45, 7) is 0. The van der Waals surface area contributed by atoms with Crippen molar-refractivity contribution in [2.45, 2.75) is 12.5 Å². The molecule has 1 aromatic rings. The van der Waals surface area contributed by atoms with E-state index in [2.05, 4.69) is 10.2 Å². The lowest BCUT2D eigenvalue weighted by Gasteiger charge is -2.15. The fourth-order valence-corrected chi connectivity index (χ4v) is 1.54. The molecule has 0 saturated carbocycles. The first-order valence-corrected chi connectivity index (χ1v) is 4.44. The van der Waals surface area contributed by atoms with E-state index in [1.807, 2.05) is 0 Å². The van der Waals surface area contributed by atoms with Crippen molar-refractivity contribution in [1.82, 2.24) is 0 Å². The lowest BCUT2D eigenvalue weighted by Crippen LogP contribution is -2.12. The van der Waals surface area contributed by atoms with E-state index in [-0.39, 0.29) is 6.42 Å². The summed E-state index contributed by atoms with van der Waals surface area (Å²) in [7, 11) is 0. The van der Waals surface area contributed by atoms with E-state index in [0.717, 1.165) is 0 Å². The Labute approximate surface area is 85.4 Å². The van der Waals surface area contributed by atoms with Crippen LogP contribution in [0.4, 0.5) is 0 Å². The highest BCUT2D eigenvalue weighted by atomic mass is 16.4. The zero-order chi connectivity index (χ0) is 10.8. The van der Waals surface area contributed by atoms with Crippen LogP contribution in [0.25, 0.3) is 0 Å². The number of fused-ring (bicyclic) bond motifs is 1. The third kappa shape index (κ3) is 1.76. The summed E-state index contributed by atoms with van der Waals surface area (Å²) < 4.78 is 0. The van der Waals surface area contributed by atoms with Gasteiger partial charge in [-0.25, -0.2) is 0 Å². The molecule has 1 atom stereocenters. The average molecular weight is 204 g/mol. The molecule has 0 aromatic heterocycles. The van der Waals surface area contributed by atoms with Gasteiger partial charge in [-0.3, -0.25) is 9.59 Å². The monoisotopic (exact) mass is 204 g/mol. The van der Waals surface area contributed by atoms with E-state index in [1.165, 1.54) is 0 Å². The molecular weight excluding hydrogens is 196 g/mol. The van der Waals surface area contributed by atoms with E-state index in [4.69, 9.17) is 5.11 Å². The Bertz CT molecular complexity index is 454. The van der Waals surface area contributed by atoms with E-state index < -0.39 is 17.9 Å². The van der Waals surface area contributed by atoms with E-state index in [0.29, 0.717) is 11.1 Å². The fraction of sp³-hybridized carbons (Fsp3) is 0.200. The molecule has 0 fully saturated rings. The van der Waals surface area contributed by atoms with Gasteiger partial charge in [0, 0.05) is 5.56 Å². The number of carbonyl (C=O) groups excluding carboxylic acids is 1. The molecule has 1 N–H and O–H groups in total. The molecule has 0 saturated heterocycles. The molecule has 1 amide bonds. The van der Waals surface area contributed by atoms with Crippen molar-refractivity contribution in [3.05, 3.63) is 35.4 Å². The number of rotatable bonds is 2. The molecule has 0 spiro atoms. The third-order valence-electron chi connectivity index (χ3n) is 2.21. The first-order valence-electron chi connectivity index (χ1n) is 4.44. The van der Waals surface area contributed by atoms with E-state index in [1.54, 1.807) is 24.3 Å². The highest BCUT2D eigenvalue weighted by molar-refractivity contribution is 5.97. The van der Waals surface area contributed by atoms with Crippen LogP contribution in [0.5, 0.6) is 0 Å². The Morgan fingerprint density at radius 3 is 2.87 bits per heavy atom. The van der Waals surface area contributed by atoms with Crippen molar-refractivity contribution in [2.24, 2.45) is 10.2 Å². The van der Waals surface area contributed by atoms with Gasteiger partial charge in [-0.15, -0.1) is 5.11 Å². The normalized spacial score (nSPS) is 18.7. The van der Waals surface area contributed by atoms with Gasteiger partial charge in [-0.05, 0) is 11.6 Å². The predicted molar refractivity (Wildman–Crippen MR) is 50.6 cm³/mol. The number of amides is 1. The van der Waals surface area contributed by atoms with Crippen LogP contribution in [-0.2, 0) is 4.79 Å². The molecule has 76 valence electrons. The lowest BCUT2D eigenvalue weighted by molar-refractivity contribution is -0.137. The second-order valence-corrected chi connectivity index (χ2v) is 3.22. The molecule has 0 radical (unpaired) electrons. The van der Waals surface area contributed by atoms with Crippen LogP contribution in [-0.4, -0.2) is 17.0 Å². The second-order valence-electron chi connectivity index (χ2n) is 3.22. The van der Waals surface area contributed by atoms with Crippen molar-refractivity contribution in [3.63, 3.8) is 0 Å². The Morgan fingerprint density at radius 1 is 1.40 bits per heavy atom. The highest BCUT2D eigenvalue weighted by Crippen LogP contribution is 2.29. The maximum atomic E-state index is 11.3. The number of benzene rings is 1. The number of carboxylic acids is 1. The first-order chi connectivity index (χ1) is 7.18. The molecule has 1 aliphatic heterocycles. The number of hydrogen-bond acceptors (Lipinski definition) is 3. The summed E-state index contributed by atoms with van der Waals surface area (Å²) in [5, 5.41) is 15.8. The summed E-state index contributed by atoms with van der Waals surface area (Å²) in [5.74, 6) is -1.37. The molecule has 1 aliphatic rings. The topological polar surface area (TPSA) is 79.1 Å². The summed E-state index contributed by atoms with van der Waals surface area (Å²) >= 11 is 0. The Hall–Kier alpha value is -2.04. The van der Waals surface area contributed by atoms with Crippen molar-refractivity contribution < 1.29 is 14.7 Å². The van der Waals surface area contributed by atoms with Crippen LogP contribution in [0, 0.1) is 0 Å². The lowest BCUT2D eigenvalue weighted by atomic mass is 9.97. The molecular formula is C10H8N2O3. The van der Waals surface area contributed by atoms with Gasteiger partial charge in [0.1, 0.15) is 6.04 Å². The van der Waals surface area contributed by atoms with Gasteiger partial charge in [-0.1, -0.05) is 18.2 Å². The van der Waals surface area contributed by atoms with Gasteiger partial charge in [0.25, 0.3) is 5.91 Å². The Morgan fingerprint density at radius 2 is 2.13 bits per heavy atom. The van der Waals surface area contributed by atoms with Crippen LogP contribution in [0.1, 0.15) is 28.4 Å². The third-order valence-corrected chi connectivity index (χ3v) is 2.21. The summed E-state index contributed by atoms with van der Waals surface area (Å²) in [6.07, 6.45) is -0.145. The molecule has 1 aromatic carbocycles. The van der Waals surface area contributed by atoms with Crippen LogP contribution < -0.4 is 0 Å². The quantitative estimate of drug-likeness (QED) is 0.797. The van der Waals surface area contributed by atoms with Gasteiger partial charge in [0.2, 0.25) is 0 Å². The van der Waals surface area contributed by atoms with Gasteiger partial charge in [0.15, 0.2) is 0 Å². The highest BCUT2D eigenvalue weighted by Gasteiger charge is 2.24. The van der Waals surface area contributed by atoms with Gasteiger partial charge in [0.05, 0.1) is 6.42 Å². The average Bonchev–Trinajstić information content (AvgIpc) is 2.22. The summed E-state index contributed by atoms with van der Waals surface area (Å²) in [6, 6.07) is 6.26. The van der Waals surface area contributed by atoms with Crippen molar-refractivity contribution in [2.75, 3.05) is 0 Å². The molecule has 5 nitrogen and oxygen atoms in total. The van der Waals surface area contributed by atoms with Crippen molar-refractivity contribution in [3.8, 4) is 0 Å². The van der Waals surface area contributed by atoms with Crippen LogP contribution in [0.3, 0.4) is 0 Å². The molecule has 0 bridgehead atoms. The smallest absolute Gasteiger partial charge is 0.305 e. The molecule has 15 heavy (non-hydrogen) atoms. The van der Waals surface area contributed by atoms with Crippen molar-refractivity contribution in [1.29, 1.82) is 0 Å². The number of nitrogens with zero attached hydrogens (tertiary/aromatic N) is 2. The number of aliphatic carboxylic acids is 1. The maximum Gasteiger partial charge on any atom is 0.305 e. The molecule has 1 heterocycles. The maximum absolute atomic E-state index is 11.3. The Kier molecular flexibility index (Phi) is 2.29. The molecule has 0 aliphatic carbocycles. The molecule has 2 rings (SSSR count). The largest absolute Gasteiger partial charge is 0.481 e. The van der Waals surface area contributed by atoms with E-state index >= 15 is 0 Å². The van der Waals surface area contributed by atoms with Crippen LogP contribution in [0.2, 0.25) is 0 Å². The summed E-state index contributed by atoms with van der Waals surface area (Å²) in [5.41, 5.74) is 1.08. The molecule has 5 heteroatoms. The zero-order valence-electron chi connectivity index (χ0n) is 7.75. The van der Waals surface area contributed by atoms with E-state index in [9.17, 15) is 9.59 Å². The second kappa shape index (κ2) is 3.61. The van der Waals surface area contributed by atoms with Crippen LogP contribution in [0.15, 0.2) is 34.5 Å². The first kappa shape index (κ1) is 9.51. The zero-order valence-corrected chi connectivity index (χ0v) is 7.75. The van der Waals surface area contributed by atoms with Crippen LogP contribution >= 0.6 is 0 Å². The molecule has 1 unspecified atom stereocenters. The van der Waals surface area contributed by atoms with Crippen molar-refractivity contribution >= 4 is 11.9 Å².